The Bertz CT molecular complexity index is 833. The number of rotatable bonds is 38. The lowest BCUT2D eigenvalue weighted by molar-refractivity contribution is -0.155. The van der Waals surface area contributed by atoms with Gasteiger partial charge in [-0.15, -0.1) is 0 Å². The maximum atomic E-state index is 12.8. The van der Waals surface area contributed by atoms with Crippen LogP contribution in [0.3, 0.4) is 0 Å². The highest BCUT2D eigenvalue weighted by Gasteiger charge is 2.21. The Labute approximate surface area is 317 Å². The lowest BCUT2D eigenvalue weighted by Gasteiger charge is -2.16. The van der Waals surface area contributed by atoms with E-state index in [0.29, 0.717) is 12.8 Å². The summed E-state index contributed by atoms with van der Waals surface area (Å²) in [6.45, 7) is 8.05. The number of Topliss-reactive ketones (excluding diaryl/α,β-unsaturated/α-hetero) is 1. The van der Waals surface area contributed by atoms with Gasteiger partial charge in [0.2, 0.25) is 5.78 Å². The zero-order valence-corrected chi connectivity index (χ0v) is 34.0. The van der Waals surface area contributed by atoms with E-state index in [1.807, 2.05) is 0 Å². The molecule has 0 aliphatic heterocycles. The van der Waals surface area contributed by atoms with Gasteiger partial charge < -0.3 is 18.9 Å². The van der Waals surface area contributed by atoms with Gasteiger partial charge in [-0.1, -0.05) is 156 Å². The van der Waals surface area contributed by atoms with E-state index in [1.165, 1.54) is 64.2 Å². The Hall–Kier alpha value is -2.45. The summed E-state index contributed by atoms with van der Waals surface area (Å²) in [7, 11) is 0. The van der Waals surface area contributed by atoms with Crippen molar-refractivity contribution in [1.82, 2.24) is 0 Å². The minimum Gasteiger partial charge on any atom is -0.465 e. The summed E-state index contributed by atoms with van der Waals surface area (Å²) >= 11 is 0. The standard InChI is InChI=1S/C43H78O9/c1-5-9-13-17-19-23-29-37(27-21-15-11-7-3)42(47)49-33-25-31-40(45)51-35-39(44)36-52-41(46)32-26-34-50-43(48)38(28-22-16-12-8-4)30-24-20-18-14-10-6-2/h37-38H,5-36H2,1-4H3. The monoisotopic (exact) mass is 739 g/mol. The van der Waals surface area contributed by atoms with Crippen LogP contribution in [0.5, 0.6) is 0 Å². The number of unbranched alkanes of at least 4 members (excludes halogenated alkanes) is 16. The lowest BCUT2D eigenvalue weighted by Crippen LogP contribution is -2.22. The van der Waals surface area contributed by atoms with Gasteiger partial charge in [0, 0.05) is 12.8 Å². The molecular weight excluding hydrogens is 660 g/mol. The number of hydrogen-bond donors (Lipinski definition) is 0. The van der Waals surface area contributed by atoms with Crippen LogP contribution in [0.2, 0.25) is 0 Å². The van der Waals surface area contributed by atoms with Gasteiger partial charge in [-0.05, 0) is 38.5 Å². The van der Waals surface area contributed by atoms with Gasteiger partial charge in [0.05, 0.1) is 25.0 Å². The number of ether oxygens (including phenoxy) is 4. The molecule has 9 heteroatoms. The zero-order chi connectivity index (χ0) is 38.5. The van der Waals surface area contributed by atoms with Crippen molar-refractivity contribution in [3.05, 3.63) is 0 Å². The molecule has 0 radical (unpaired) electrons. The normalized spacial score (nSPS) is 12.2. The second kappa shape index (κ2) is 36.9. The zero-order valence-electron chi connectivity index (χ0n) is 34.0. The predicted octanol–water partition coefficient (Wildman–Crippen LogP) is 11.0. The Morgan fingerprint density at radius 3 is 0.981 bits per heavy atom. The summed E-state index contributed by atoms with van der Waals surface area (Å²) < 4.78 is 21.1. The molecule has 0 fully saturated rings. The highest BCUT2D eigenvalue weighted by molar-refractivity contribution is 5.85. The third kappa shape index (κ3) is 31.1. The number of esters is 4. The van der Waals surface area contributed by atoms with Gasteiger partial charge in [0.25, 0.3) is 0 Å². The van der Waals surface area contributed by atoms with E-state index in [-0.39, 0.29) is 49.8 Å². The van der Waals surface area contributed by atoms with E-state index in [1.54, 1.807) is 0 Å². The number of carbonyl (C=O) groups is 5. The van der Waals surface area contributed by atoms with Gasteiger partial charge in [0.1, 0.15) is 0 Å². The molecule has 0 aromatic heterocycles. The van der Waals surface area contributed by atoms with Crippen LogP contribution in [0.4, 0.5) is 0 Å². The van der Waals surface area contributed by atoms with Crippen LogP contribution in [-0.4, -0.2) is 56.1 Å². The minimum absolute atomic E-state index is 0.0240. The molecule has 0 aromatic rings. The minimum atomic E-state index is -0.569. The van der Waals surface area contributed by atoms with Gasteiger partial charge in [0.15, 0.2) is 13.2 Å². The van der Waals surface area contributed by atoms with Crippen LogP contribution < -0.4 is 0 Å². The average Bonchev–Trinajstić information content (AvgIpc) is 3.14. The summed E-state index contributed by atoms with van der Waals surface area (Å²) in [5.74, 6) is -2.22. The topological polar surface area (TPSA) is 122 Å². The van der Waals surface area contributed by atoms with Crippen molar-refractivity contribution in [2.24, 2.45) is 11.8 Å². The van der Waals surface area contributed by atoms with E-state index in [9.17, 15) is 24.0 Å². The molecule has 0 amide bonds. The lowest BCUT2D eigenvalue weighted by atomic mass is 9.94. The quantitative estimate of drug-likeness (QED) is 0.0346. The summed E-state index contributed by atoms with van der Waals surface area (Å²) in [6.07, 6.45) is 27.2. The van der Waals surface area contributed by atoms with Crippen LogP contribution >= 0.6 is 0 Å². The van der Waals surface area contributed by atoms with Crippen LogP contribution in [-0.2, 0) is 42.9 Å². The third-order valence-corrected chi connectivity index (χ3v) is 9.62. The maximum absolute atomic E-state index is 12.8. The second-order valence-corrected chi connectivity index (χ2v) is 14.6. The van der Waals surface area contributed by atoms with E-state index in [4.69, 9.17) is 18.9 Å². The van der Waals surface area contributed by atoms with Crippen molar-refractivity contribution < 1.29 is 42.9 Å². The Kier molecular flexibility index (Phi) is 35.2. The van der Waals surface area contributed by atoms with Gasteiger partial charge in [-0.3, -0.25) is 24.0 Å². The molecule has 0 aliphatic carbocycles. The molecule has 2 unspecified atom stereocenters. The first-order chi connectivity index (χ1) is 25.3. The Morgan fingerprint density at radius 1 is 0.365 bits per heavy atom. The molecule has 304 valence electrons. The summed E-state index contributed by atoms with van der Waals surface area (Å²) in [4.78, 5) is 61.9. The molecule has 0 aromatic carbocycles. The molecular formula is C43H78O9. The third-order valence-electron chi connectivity index (χ3n) is 9.62. The van der Waals surface area contributed by atoms with Crippen LogP contribution in [0.25, 0.3) is 0 Å². The molecule has 0 aliphatic rings. The van der Waals surface area contributed by atoms with Crippen molar-refractivity contribution in [2.45, 2.75) is 207 Å². The summed E-state index contributed by atoms with van der Waals surface area (Å²) in [6, 6.07) is 0. The first kappa shape index (κ1) is 49.6. The Balaban J connectivity index is 4.25. The molecule has 0 saturated carbocycles. The second-order valence-electron chi connectivity index (χ2n) is 14.6. The van der Waals surface area contributed by atoms with Crippen LogP contribution in [0.1, 0.15) is 207 Å². The van der Waals surface area contributed by atoms with Crippen LogP contribution in [0.15, 0.2) is 0 Å². The summed E-state index contributed by atoms with van der Waals surface area (Å²) in [5, 5.41) is 0. The number of ketones is 1. The predicted molar refractivity (Wildman–Crippen MR) is 208 cm³/mol. The van der Waals surface area contributed by atoms with E-state index in [0.717, 1.165) is 89.9 Å². The highest BCUT2D eigenvalue weighted by atomic mass is 16.6. The molecule has 0 bridgehead atoms. The van der Waals surface area contributed by atoms with Crippen molar-refractivity contribution in [3.8, 4) is 0 Å². The number of carbonyl (C=O) groups excluding carboxylic acids is 5. The molecule has 0 spiro atoms. The SMILES string of the molecule is CCCCCCCCC(CCCCCC)C(=O)OCCCC(=O)OCC(=O)COC(=O)CCCOC(=O)C(CCCCCC)CCCCCCCC. The fourth-order valence-corrected chi connectivity index (χ4v) is 6.26. The van der Waals surface area contributed by atoms with Crippen molar-refractivity contribution in [3.63, 3.8) is 0 Å². The van der Waals surface area contributed by atoms with Crippen molar-refractivity contribution in [1.29, 1.82) is 0 Å². The van der Waals surface area contributed by atoms with E-state index < -0.39 is 30.9 Å². The molecule has 52 heavy (non-hydrogen) atoms. The largest absolute Gasteiger partial charge is 0.465 e. The Morgan fingerprint density at radius 2 is 0.654 bits per heavy atom. The van der Waals surface area contributed by atoms with E-state index >= 15 is 0 Å². The smallest absolute Gasteiger partial charge is 0.308 e. The molecule has 0 heterocycles. The van der Waals surface area contributed by atoms with Crippen molar-refractivity contribution >= 4 is 29.7 Å². The number of hydrogen-bond acceptors (Lipinski definition) is 9. The maximum Gasteiger partial charge on any atom is 0.308 e. The molecule has 2 atom stereocenters. The first-order valence-electron chi connectivity index (χ1n) is 21.4. The molecule has 0 N–H and O–H groups in total. The molecule has 0 rings (SSSR count). The average molecular weight is 739 g/mol. The summed E-state index contributed by atoms with van der Waals surface area (Å²) in [5.41, 5.74) is 0. The van der Waals surface area contributed by atoms with Crippen LogP contribution in [0, 0.1) is 11.8 Å². The highest BCUT2D eigenvalue weighted by Crippen LogP contribution is 2.22. The van der Waals surface area contributed by atoms with Crippen molar-refractivity contribution in [2.75, 3.05) is 26.4 Å². The molecule has 0 saturated heterocycles. The van der Waals surface area contributed by atoms with Gasteiger partial charge >= 0.3 is 23.9 Å². The first-order valence-corrected chi connectivity index (χ1v) is 21.4. The molecule has 9 nitrogen and oxygen atoms in total. The fourth-order valence-electron chi connectivity index (χ4n) is 6.26. The van der Waals surface area contributed by atoms with Gasteiger partial charge in [-0.25, -0.2) is 0 Å². The fraction of sp³-hybridized carbons (Fsp3) is 0.884. The van der Waals surface area contributed by atoms with E-state index in [2.05, 4.69) is 27.7 Å². The van der Waals surface area contributed by atoms with Gasteiger partial charge in [-0.2, -0.15) is 0 Å².